The van der Waals surface area contributed by atoms with Gasteiger partial charge in [0.2, 0.25) is 0 Å². The Morgan fingerprint density at radius 2 is 1.83 bits per heavy atom. The molecule has 0 saturated heterocycles. The Balaban J connectivity index is 4.07. The van der Waals surface area contributed by atoms with E-state index >= 15 is 0 Å². The highest BCUT2D eigenvalue weighted by Crippen LogP contribution is 2.07. The number of rotatable bonds is 5. The number of halogens is 1. The number of carbonyl (C=O) groups is 1. The summed E-state index contributed by atoms with van der Waals surface area (Å²) in [5.41, 5.74) is 0. The first-order valence-corrected chi connectivity index (χ1v) is 3.29. The molecule has 0 aromatic rings. The zero-order valence-corrected chi connectivity index (χ0v) is 6.17. The molecule has 0 aromatic heterocycles. The minimum Gasteiger partial charge on any atom is -0.394 e. The van der Waals surface area contributed by atoms with Crippen LogP contribution in [-0.4, -0.2) is 57.8 Å². The van der Waals surface area contributed by atoms with Gasteiger partial charge in [-0.3, -0.25) is 0 Å². The average molecular weight is 182 g/mol. The quantitative estimate of drug-likeness (QED) is 0.355. The van der Waals surface area contributed by atoms with Crippen LogP contribution in [0.4, 0.5) is 4.39 Å². The Bertz CT molecular complexity index is 142. The molecule has 0 bridgehead atoms. The van der Waals surface area contributed by atoms with E-state index in [0.29, 0.717) is 0 Å². The number of aldehydes is 1. The summed E-state index contributed by atoms with van der Waals surface area (Å²) < 4.78 is 12.6. The second kappa shape index (κ2) is 5.15. The fraction of sp³-hybridized carbons (Fsp3) is 0.833. The van der Waals surface area contributed by atoms with Crippen molar-refractivity contribution in [3.8, 4) is 0 Å². The Hall–Kier alpha value is -0.560. The molecule has 12 heavy (non-hydrogen) atoms. The van der Waals surface area contributed by atoms with Crippen molar-refractivity contribution in [2.24, 2.45) is 0 Å². The lowest BCUT2D eigenvalue weighted by molar-refractivity contribution is -0.126. The van der Waals surface area contributed by atoms with Crippen LogP contribution in [0.5, 0.6) is 0 Å². The fourth-order valence-corrected chi connectivity index (χ4v) is 0.597. The second-order valence-corrected chi connectivity index (χ2v) is 2.31. The predicted octanol–water partition coefficient (Wildman–Crippen LogP) is -2.40. The number of aliphatic hydroxyl groups is 4. The largest absolute Gasteiger partial charge is 0.394 e. The summed E-state index contributed by atoms with van der Waals surface area (Å²) in [6, 6.07) is 0. The summed E-state index contributed by atoms with van der Waals surface area (Å²) in [7, 11) is 0. The molecule has 0 heterocycles. The van der Waals surface area contributed by atoms with Crippen LogP contribution in [0, 0.1) is 0 Å². The summed E-state index contributed by atoms with van der Waals surface area (Å²) in [6.07, 6.45) is -8.03. The van der Waals surface area contributed by atoms with Gasteiger partial charge < -0.3 is 25.2 Å². The van der Waals surface area contributed by atoms with E-state index in [9.17, 15) is 9.18 Å². The molecule has 0 aliphatic carbocycles. The molecule has 0 aliphatic heterocycles. The molecule has 0 radical (unpaired) electrons. The van der Waals surface area contributed by atoms with Crippen LogP contribution < -0.4 is 0 Å². The van der Waals surface area contributed by atoms with Gasteiger partial charge in [-0.05, 0) is 0 Å². The van der Waals surface area contributed by atoms with Gasteiger partial charge in [0.25, 0.3) is 0 Å². The van der Waals surface area contributed by atoms with E-state index in [-0.39, 0.29) is 6.29 Å². The third-order valence-corrected chi connectivity index (χ3v) is 1.37. The van der Waals surface area contributed by atoms with E-state index < -0.39 is 31.1 Å². The number of aliphatic hydroxyl groups excluding tert-OH is 4. The molecule has 72 valence electrons. The van der Waals surface area contributed by atoms with Crippen LogP contribution in [-0.2, 0) is 4.79 Å². The number of alkyl halides is 1. The van der Waals surface area contributed by atoms with Gasteiger partial charge in [-0.15, -0.1) is 0 Å². The van der Waals surface area contributed by atoms with Crippen molar-refractivity contribution in [1.29, 1.82) is 0 Å². The third kappa shape index (κ3) is 2.82. The first-order chi connectivity index (χ1) is 5.54. The maximum absolute atomic E-state index is 12.6. The van der Waals surface area contributed by atoms with Crippen molar-refractivity contribution in [1.82, 2.24) is 0 Å². The maximum atomic E-state index is 12.6. The fourth-order valence-electron chi connectivity index (χ4n) is 0.597. The number of hydrogen-bond acceptors (Lipinski definition) is 5. The van der Waals surface area contributed by atoms with E-state index in [1.807, 2.05) is 0 Å². The summed E-state index contributed by atoms with van der Waals surface area (Å²) in [5, 5.41) is 34.3. The number of carbonyl (C=O) groups excluding carboxylic acids is 1. The Morgan fingerprint density at radius 1 is 1.33 bits per heavy atom. The van der Waals surface area contributed by atoms with Gasteiger partial charge in [-0.2, -0.15) is 0 Å². The van der Waals surface area contributed by atoms with Crippen molar-refractivity contribution in [3.05, 3.63) is 0 Å². The highest BCUT2D eigenvalue weighted by Gasteiger charge is 2.31. The van der Waals surface area contributed by atoms with Crippen LogP contribution in [0.3, 0.4) is 0 Å². The molecular weight excluding hydrogens is 171 g/mol. The zero-order chi connectivity index (χ0) is 9.72. The van der Waals surface area contributed by atoms with E-state index in [1.54, 1.807) is 0 Å². The van der Waals surface area contributed by atoms with Crippen LogP contribution in [0.1, 0.15) is 0 Å². The van der Waals surface area contributed by atoms with Gasteiger partial charge in [0.05, 0.1) is 6.61 Å². The number of hydrogen-bond donors (Lipinski definition) is 4. The smallest absolute Gasteiger partial charge is 0.161 e. The molecule has 0 saturated carbocycles. The van der Waals surface area contributed by atoms with Crippen LogP contribution in [0.15, 0.2) is 0 Å². The molecule has 0 unspecified atom stereocenters. The van der Waals surface area contributed by atoms with E-state index in [1.165, 1.54) is 0 Å². The Labute approximate surface area is 68.1 Å². The van der Waals surface area contributed by atoms with Crippen molar-refractivity contribution < 1.29 is 29.6 Å². The van der Waals surface area contributed by atoms with Gasteiger partial charge in [-0.1, -0.05) is 0 Å². The molecule has 6 heteroatoms. The average Bonchev–Trinajstić information content (AvgIpc) is 2.12. The summed E-state index contributed by atoms with van der Waals surface area (Å²) >= 11 is 0. The highest BCUT2D eigenvalue weighted by atomic mass is 19.1. The molecular formula is C6H11FO5. The minimum atomic E-state index is -2.29. The van der Waals surface area contributed by atoms with E-state index in [2.05, 4.69) is 0 Å². The lowest BCUT2D eigenvalue weighted by atomic mass is 10.1. The minimum absolute atomic E-state index is 0.0992. The van der Waals surface area contributed by atoms with Crippen molar-refractivity contribution >= 4 is 6.29 Å². The van der Waals surface area contributed by atoms with Gasteiger partial charge in [0.1, 0.15) is 18.3 Å². The molecule has 0 fully saturated rings. The summed E-state index contributed by atoms with van der Waals surface area (Å²) in [6.45, 7) is -0.840. The Morgan fingerprint density at radius 3 is 2.17 bits per heavy atom. The van der Waals surface area contributed by atoms with Crippen LogP contribution in [0.2, 0.25) is 0 Å². The predicted molar refractivity (Wildman–Crippen MR) is 36.1 cm³/mol. The van der Waals surface area contributed by atoms with Gasteiger partial charge in [0.15, 0.2) is 12.5 Å². The maximum Gasteiger partial charge on any atom is 0.161 e. The van der Waals surface area contributed by atoms with E-state index in [0.717, 1.165) is 0 Å². The van der Waals surface area contributed by atoms with Crippen molar-refractivity contribution in [2.75, 3.05) is 6.61 Å². The molecule has 0 amide bonds. The molecule has 4 atom stereocenters. The zero-order valence-electron chi connectivity index (χ0n) is 6.17. The molecule has 5 nitrogen and oxygen atoms in total. The molecule has 0 aliphatic rings. The Kier molecular flexibility index (Phi) is 4.91. The first-order valence-electron chi connectivity index (χ1n) is 3.29. The van der Waals surface area contributed by atoms with Crippen molar-refractivity contribution in [2.45, 2.75) is 24.5 Å². The highest BCUT2D eigenvalue weighted by molar-refractivity contribution is 5.56. The first kappa shape index (κ1) is 11.4. The lowest BCUT2D eigenvalue weighted by Crippen LogP contribution is -2.43. The lowest BCUT2D eigenvalue weighted by Gasteiger charge is -2.20. The second-order valence-electron chi connectivity index (χ2n) is 2.31. The standard InChI is InChI=1S/C6H11FO5/c7-5(3(10)1-8)6(12)4(11)2-9/h1,3-6,9-12H,2H2/t3-,4+,5-,6+/m0/s1. The SMILES string of the molecule is O=C[C@H](O)[C@H](F)[C@H](O)[C@H](O)CO. The third-order valence-electron chi connectivity index (χ3n) is 1.37. The van der Waals surface area contributed by atoms with Crippen LogP contribution in [0.25, 0.3) is 0 Å². The van der Waals surface area contributed by atoms with Gasteiger partial charge >= 0.3 is 0 Å². The van der Waals surface area contributed by atoms with E-state index in [4.69, 9.17) is 20.4 Å². The molecule has 0 rings (SSSR count). The topological polar surface area (TPSA) is 98.0 Å². The monoisotopic (exact) mass is 182 g/mol. The normalized spacial score (nSPS) is 21.1. The van der Waals surface area contributed by atoms with Gasteiger partial charge in [-0.25, -0.2) is 4.39 Å². The van der Waals surface area contributed by atoms with Crippen molar-refractivity contribution in [3.63, 3.8) is 0 Å². The molecule has 0 spiro atoms. The summed E-state index contributed by atoms with van der Waals surface area (Å²) in [5.74, 6) is 0. The molecule has 4 N–H and O–H groups in total. The van der Waals surface area contributed by atoms with Gasteiger partial charge in [0, 0.05) is 0 Å². The summed E-state index contributed by atoms with van der Waals surface area (Å²) in [4.78, 5) is 9.82. The van der Waals surface area contributed by atoms with Crippen LogP contribution >= 0.6 is 0 Å². The molecule has 0 aromatic carbocycles.